The van der Waals surface area contributed by atoms with Crippen molar-refractivity contribution < 1.29 is 5.11 Å². The third-order valence-corrected chi connectivity index (χ3v) is 3.44. The molecule has 0 aromatic heterocycles. The predicted octanol–water partition coefficient (Wildman–Crippen LogP) is 5.36. The van der Waals surface area contributed by atoms with Gasteiger partial charge in [-0.25, -0.2) is 0 Å². The van der Waals surface area contributed by atoms with E-state index in [9.17, 15) is 5.11 Å². The van der Waals surface area contributed by atoms with Gasteiger partial charge in [-0.05, 0) is 24.1 Å². The maximum absolute atomic E-state index is 9.83. The number of aliphatic hydroxyl groups is 1. The minimum absolute atomic E-state index is 0.356. The first-order valence-corrected chi connectivity index (χ1v) is 7.98. The monoisotopic (exact) mass is 272 g/mol. The van der Waals surface area contributed by atoms with Crippen molar-refractivity contribution >= 4 is 6.08 Å². The Morgan fingerprint density at radius 1 is 1.00 bits per heavy atom. The van der Waals surface area contributed by atoms with E-state index in [1.54, 1.807) is 6.08 Å². The highest BCUT2D eigenvalue weighted by Crippen LogP contribution is 2.10. The Labute approximate surface area is 124 Å². The normalized spacial score (nSPS) is 11.7. The topological polar surface area (TPSA) is 20.2 Å². The van der Waals surface area contributed by atoms with Crippen molar-refractivity contribution in [1.29, 1.82) is 0 Å². The Hall–Kier alpha value is -1.30. The molecule has 0 amide bonds. The van der Waals surface area contributed by atoms with E-state index in [-0.39, 0.29) is 6.10 Å². The van der Waals surface area contributed by atoms with E-state index < -0.39 is 0 Å². The Kier molecular flexibility index (Phi) is 9.65. The molecule has 0 bridgehead atoms. The minimum atomic E-state index is -0.356. The van der Waals surface area contributed by atoms with Crippen LogP contribution in [0.1, 0.15) is 63.9 Å². The van der Waals surface area contributed by atoms with Gasteiger partial charge in [0.05, 0.1) is 6.10 Å². The second kappa shape index (κ2) is 11.5. The molecule has 0 spiro atoms. The molecule has 0 saturated heterocycles. The molecule has 0 aliphatic heterocycles. The van der Waals surface area contributed by atoms with E-state index in [1.165, 1.54) is 38.5 Å². The maximum atomic E-state index is 9.83. The predicted molar refractivity (Wildman–Crippen MR) is 87.6 cm³/mol. The first kappa shape index (κ1) is 16.8. The number of benzene rings is 1. The van der Waals surface area contributed by atoms with Crippen LogP contribution in [-0.2, 0) is 0 Å². The lowest BCUT2D eigenvalue weighted by Gasteiger charge is -2.04. The minimum Gasteiger partial charge on any atom is -0.388 e. The Morgan fingerprint density at radius 3 is 2.35 bits per heavy atom. The molecular weight excluding hydrogens is 244 g/mol. The average Bonchev–Trinajstić information content (AvgIpc) is 2.47. The van der Waals surface area contributed by atoms with Gasteiger partial charge in [-0.3, -0.25) is 0 Å². The van der Waals surface area contributed by atoms with E-state index in [0.29, 0.717) is 0 Å². The summed E-state index contributed by atoms with van der Waals surface area (Å²) in [7, 11) is 0. The van der Waals surface area contributed by atoms with Crippen LogP contribution in [0.4, 0.5) is 0 Å². The van der Waals surface area contributed by atoms with Crippen molar-refractivity contribution in [2.45, 2.75) is 64.4 Å². The fourth-order valence-corrected chi connectivity index (χ4v) is 2.20. The maximum Gasteiger partial charge on any atom is 0.0794 e. The van der Waals surface area contributed by atoms with Crippen LogP contribution in [0.3, 0.4) is 0 Å². The van der Waals surface area contributed by atoms with E-state index in [0.717, 1.165) is 18.4 Å². The van der Waals surface area contributed by atoms with Gasteiger partial charge in [0, 0.05) is 0 Å². The fourth-order valence-electron chi connectivity index (χ4n) is 2.20. The molecule has 0 radical (unpaired) electrons. The molecule has 1 nitrogen and oxygen atoms in total. The molecule has 0 aliphatic rings. The van der Waals surface area contributed by atoms with Gasteiger partial charge in [-0.1, -0.05) is 82.2 Å². The smallest absolute Gasteiger partial charge is 0.0794 e. The Morgan fingerprint density at radius 2 is 1.65 bits per heavy atom. The van der Waals surface area contributed by atoms with E-state index in [2.05, 4.69) is 12.7 Å². The molecule has 0 aliphatic carbocycles. The van der Waals surface area contributed by atoms with Crippen molar-refractivity contribution in [2.24, 2.45) is 0 Å². The number of unbranched alkanes of at least 4 members (excludes halogenated alkanes) is 6. The molecule has 1 unspecified atom stereocenters. The first-order chi connectivity index (χ1) is 9.83. The van der Waals surface area contributed by atoms with Gasteiger partial charge in [-0.15, -0.1) is 5.73 Å². The van der Waals surface area contributed by atoms with Crippen LogP contribution in [0.5, 0.6) is 0 Å². The lowest BCUT2D eigenvalue weighted by Crippen LogP contribution is -2.00. The van der Waals surface area contributed by atoms with Gasteiger partial charge in [-0.2, -0.15) is 0 Å². The highest BCUT2D eigenvalue weighted by molar-refractivity contribution is 5.48. The van der Waals surface area contributed by atoms with Gasteiger partial charge < -0.3 is 5.11 Å². The lowest BCUT2D eigenvalue weighted by atomic mass is 10.1. The standard InChI is InChI=1S/C19H28O/c1-2-3-4-5-6-7-11-16-19(20)17-12-15-18-13-9-8-10-14-18/h8-10,13-15,17,19-20H,2-7,11,16H2,1H3. The fraction of sp³-hybridized carbons (Fsp3) is 0.526. The molecule has 110 valence electrons. The quantitative estimate of drug-likeness (QED) is 0.449. The zero-order valence-electron chi connectivity index (χ0n) is 12.7. The Bertz CT molecular complexity index is 387. The van der Waals surface area contributed by atoms with Crippen molar-refractivity contribution in [3.05, 3.63) is 47.7 Å². The van der Waals surface area contributed by atoms with Crippen molar-refractivity contribution in [3.63, 3.8) is 0 Å². The van der Waals surface area contributed by atoms with Crippen LogP contribution in [0.15, 0.2) is 42.1 Å². The van der Waals surface area contributed by atoms with Crippen LogP contribution >= 0.6 is 0 Å². The summed E-state index contributed by atoms with van der Waals surface area (Å²) in [5.41, 5.74) is 4.19. The summed E-state index contributed by atoms with van der Waals surface area (Å²) >= 11 is 0. The summed E-state index contributed by atoms with van der Waals surface area (Å²) in [5, 5.41) is 9.83. The van der Waals surface area contributed by atoms with E-state index in [1.807, 2.05) is 36.4 Å². The molecular formula is C19H28O. The van der Waals surface area contributed by atoms with Crippen LogP contribution < -0.4 is 0 Å². The third-order valence-electron chi connectivity index (χ3n) is 3.44. The van der Waals surface area contributed by atoms with Gasteiger partial charge in [0.25, 0.3) is 0 Å². The van der Waals surface area contributed by atoms with Crippen molar-refractivity contribution in [3.8, 4) is 0 Å². The first-order valence-electron chi connectivity index (χ1n) is 7.98. The molecule has 0 heterocycles. The highest BCUT2D eigenvalue weighted by Gasteiger charge is 1.98. The Balaban J connectivity index is 2.11. The number of aliphatic hydroxyl groups excluding tert-OH is 1. The SMILES string of the molecule is CCCCCCCCCC(O)C=C=Cc1ccccc1. The molecule has 1 aromatic rings. The average molecular weight is 272 g/mol. The largest absolute Gasteiger partial charge is 0.388 e. The molecule has 1 heteroatoms. The zero-order valence-corrected chi connectivity index (χ0v) is 12.7. The second-order valence-electron chi connectivity index (χ2n) is 5.37. The van der Waals surface area contributed by atoms with Crippen LogP contribution in [0.2, 0.25) is 0 Å². The summed E-state index contributed by atoms with van der Waals surface area (Å²) in [4.78, 5) is 0. The molecule has 0 saturated carbocycles. The van der Waals surface area contributed by atoms with Crippen molar-refractivity contribution in [1.82, 2.24) is 0 Å². The molecule has 20 heavy (non-hydrogen) atoms. The van der Waals surface area contributed by atoms with Crippen LogP contribution in [-0.4, -0.2) is 11.2 Å². The summed E-state index contributed by atoms with van der Waals surface area (Å²) in [6, 6.07) is 10.1. The van der Waals surface area contributed by atoms with Crippen molar-refractivity contribution in [2.75, 3.05) is 0 Å². The summed E-state index contributed by atoms with van der Waals surface area (Å²) in [6.07, 6.45) is 13.2. The molecule has 1 atom stereocenters. The second-order valence-corrected chi connectivity index (χ2v) is 5.37. The summed E-state index contributed by atoms with van der Waals surface area (Å²) < 4.78 is 0. The van der Waals surface area contributed by atoms with Gasteiger partial charge in [0.15, 0.2) is 0 Å². The number of rotatable bonds is 10. The van der Waals surface area contributed by atoms with E-state index >= 15 is 0 Å². The number of hydrogen-bond donors (Lipinski definition) is 1. The van der Waals surface area contributed by atoms with Gasteiger partial charge in [0.2, 0.25) is 0 Å². The molecule has 1 N–H and O–H groups in total. The third kappa shape index (κ3) is 8.74. The summed E-state index contributed by atoms with van der Waals surface area (Å²) in [6.45, 7) is 2.24. The van der Waals surface area contributed by atoms with Crippen LogP contribution in [0.25, 0.3) is 6.08 Å². The number of hydrogen-bond acceptors (Lipinski definition) is 1. The molecule has 1 rings (SSSR count). The van der Waals surface area contributed by atoms with Crippen LogP contribution in [0, 0.1) is 0 Å². The zero-order chi connectivity index (χ0) is 14.5. The van der Waals surface area contributed by atoms with Gasteiger partial charge in [0.1, 0.15) is 0 Å². The molecule has 1 aromatic carbocycles. The summed E-state index contributed by atoms with van der Waals surface area (Å²) in [5.74, 6) is 0. The molecule has 0 fully saturated rings. The lowest BCUT2D eigenvalue weighted by molar-refractivity contribution is 0.208. The van der Waals surface area contributed by atoms with E-state index in [4.69, 9.17) is 0 Å². The highest BCUT2D eigenvalue weighted by atomic mass is 16.3. The van der Waals surface area contributed by atoms with Gasteiger partial charge >= 0.3 is 0 Å².